The molecule has 1 saturated heterocycles. The van der Waals surface area contributed by atoms with Crippen LogP contribution in [0, 0.1) is 18.7 Å². The monoisotopic (exact) mass is 340 g/mol. The van der Waals surface area contributed by atoms with Crippen molar-refractivity contribution in [1.82, 2.24) is 4.90 Å². The first-order chi connectivity index (χ1) is 12.1. The fourth-order valence-corrected chi connectivity index (χ4v) is 3.13. The Morgan fingerprint density at radius 2 is 1.84 bits per heavy atom. The van der Waals surface area contributed by atoms with Gasteiger partial charge in [-0.15, -0.1) is 0 Å². The van der Waals surface area contributed by atoms with Gasteiger partial charge in [0.2, 0.25) is 5.91 Å². The van der Waals surface area contributed by atoms with Crippen LogP contribution in [0.5, 0.6) is 0 Å². The summed E-state index contributed by atoms with van der Waals surface area (Å²) in [6, 6.07) is 13.5. The van der Waals surface area contributed by atoms with Crippen LogP contribution in [0.2, 0.25) is 0 Å². The molecular formula is C20H21FN2O2. The Labute approximate surface area is 146 Å². The highest BCUT2D eigenvalue weighted by molar-refractivity contribution is 5.96. The van der Waals surface area contributed by atoms with Crippen LogP contribution in [0.25, 0.3) is 0 Å². The van der Waals surface area contributed by atoms with Crippen LogP contribution in [-0.4, -0.2) is 29.8 Å². The van der Waals surface area contributed by atoms with Crippen molar-refractivity contribution < 1.29 is 14.0 Å². The molecule has 0 aromatic heterocycles. The molecule has 1 heterocycles. The molecule has 1 aliphatic heterocycles. The lowest BCUT2D eigenvalue weighted by Crippen LogP contribution is -2.44. The number of hydrogen-bond acceptors (Lipinski definition) is 2. The number of halogens is 1. The summed E-state index contributed by atoms with van der Waals surface area (Å²) in [7, 11) is 0. The van der Waals surface area contributed by atoms with Crippen molar-refractivity contribution in [2.45, 2.75) is 19.8 Å². The predicted octanol–water partition coefficient (Wildman–Crippen LogP) is 3.63. The second-order valence-electron chi connectivity index (χ2n) is 6.37. The van der Waals surface area contributed by atoms with Crippen molar-refractivity contribution in [3.63, 3.8) is 0 Å². The fourth-order valence-electron chi connectivity index (χ4n) is 3.13. The number of carbonyl (C=O) groups is 2. The number of benzene rings is 2. The number of nitrogens with one attached hydrogen (secondary N) is 1. The second kappa shape index (κ2) is 7.47. The molecule has 1 N–H and O–H groups in total. The molecule has 0 radical (unpaired) electrons. The lowest BCUT2D eigenvalue weighted by atomic mass is 9.96. The third-order valence-corrected chi connectivity index (χ3v) is 4.59. The molecule has 0 spiro atoms. The summed E-state index contributed by atoms with van der Waals surface area (Å²) >= 11 is 0. The largest absolute Gasteiger partial charge is 0.338 e. The van der Waals surface area contributed by atoms with E-state index < -0.39 is 5.82 Å². The van der Waals surface area contributed by atoms with E-state index in [4.69, 9.17) is 0 Å². The summed E-state index contributed by atoms with van der Waals surface area (Å²) in [5, 5.41) is 2.94. The molecule has 1 unspecified atom stereocenters. The first-order valence-corrected chi connectivity index (χ1v) is 8.46. The van der Waals surface area contributed by atoms with Crippen molar-refractivity contribution >= 4 is 17.5 Å². The Morgan fingerprint density at radius 1 is 1.12 bits per heavy atom. The minimum absolute atomic E-state index is 0.0578. The number of anilines is 1. The SMILES string of the molecule is Cc1ccccc1NC(=O)C1CCCN(C(=O)c2ccccc2F)C1. The van der Waals surface area contributed by atoms with Gasteiger partial charge in [0.1, 0.15) is 5.82 Å². The summed E-state index contributed by atoms with van der Waals surface area (Å²) in [6.07, 6.45) is 1.45. The molecule has 3 rings (SSSR count). The molecule has 2 aromatic carbocycles. The topological polar surface area (TPSA) is 49.4 Å². The first kappa shape index (κ1) is 17.1. The normalized spacial score (nSPS) is 17.2. The molecule has 1 fully saturated rings. The van der Waals surface area contributed by atoms with E-state index in [1.165, 1.54) is 12.1 Å². The van der Waals surface area contributed by atoms with E-state index in [0.717, 1.165) is 24.1 Å². The number of para-hydroxylation sites is 1. The lowest BCUT2D eigenvalue weighted by Gasteiger charge is -2.32. The van der Waals surface area contributed by atoms with Crippen molar-refractivity contribution in [3.05, 3.63) is 65.5 Å². The van der Waals surface area contributed by atoms with Crippen LogP contribution in [0.1, 0.15) is 28.8 Å². The Balaban J connectivity index is 1.69. The zero-order valence-electron chi connectivity index (χ0n) is 14.2. The third kappa shape index (κ3) is 3.87. The summed E-state index contributed by atoms with van der Waals surface area (Å²) in [4.78, 5) is 26.7. The average Bonchev–Trinajstić information content (AvgIpc) is 2.63. The van der Waals surface area contributed by atoms with Gasteiger partial charge in [-0.2, -0.15) is 0 Å². The maximum atomic E-state index is 13.9. The van der Waals surface area contributed by atoms with Crippen molar-refractivity contribution in [2.75, 3.05) is 18.4 Å². The van der Waals surface area contributed by atoms with Gasteiger partial charge < -0.3 is 10.2 Å². The Bertz CT molecular complexity index is 791. The highest BCUT2D eigenvalue weighted by Crippen LogP contribution is 2.22. The van der Waals surface area contributed by atoms with Gasteiger partial charge in [-0.25, -0.2) is 4.39 Å². The summed E-state index contributed by atoms with van der Waals surface area (Å²) in [5.41, 5.74) is 1.83. The lowest BCUT2D eigenvalue weighted by molar-refractivity contribution is -0.121. The van der Waals surface area contributed by atoms with Gasteiger partial charge in [-0.1, -0.05) is 30.3 Å². The Kier molecular flexibility index (Phi) is 5.12. The predicted molar refractivity (Wildman–Crippen MR) is 94.8 cm³/mol. The van der Waals surface area contributed by atoms with Gasteiger partial charge in [0.15, 0.2) is 0 Å². The molecule has 2 amide bonds. The highest BCUT2D eigenvalue weighted by Gasteiger charge is 2.30. The molecule has 4 nitrogen and oxygen atoms in total. The van der Waals surface area contributed by atoms with Gasteiger partial charge in [0, 0.05) is 18.8 Å². The number of aryl methyl sites for hydroxylation is 1. The molecule has 130 valence electrons. The average molecular weight is 340 g/mol. The number of hydrogen-bond donors (Lipinski definition) is 1. The zero-order chi connectivity index (χ0) is 17.8. The molecule has 0 aliphatic carbocycles. The van der Waals surface area contributed by atoms with E-state index in [1.54, 1.807) is 17.0 Å². The van der Waals surface area contributed by atoms with Crippen LogP contribution in [0.4, 0.5) is 10.1 Å². The molecule has 2 aromatic rings. The zero-order valence-corrected chi connectivity index (χ0v) is 14.2. The van der Waals surface area contributed by atoms with E-state index in [2.05, 4.69) is 5.32 Å². The van der Waals surface area contributed by atoms with Crippen molar-refractivity contribution in [1.29, 1.82) is 0 Å². The number of piperidine rings is 1. The van der Waals surface area contributed by atoms with Crippen LogP contribution in [-0.2, 0) is 4.79 Å². The van der Waals surface area contributed by atoms with Gasteiger partial charge in [0.05, 0.1) is 11.5 Å². The first-order valence-electron chi connectivity index (χ1n) is 8.46. The number of carbonyl (C=O) groups excluding carboxylic acids is 2. The molecule has 0 bridgehead atoms. The van der Waals surface area contributed by atoms with Crippen LogP contribution in [0.15, 0.2) is 48.5 Å². The van der Waals surface area contributed by atoms with Crippen LogP contribution in [0.3, 0.4) is 0 Å². The van der Waals surface area contributed by atoms with E-state index in [1.807, 2.05) is 31.2 Å². The fraction of sp³-hybridized carbons (Fsp3) is 0.300. The van der Waals surface area contributed by atoms with E-state index >= 15 is 0 Å². The van der Waals surface area contributed by atoms with E-state index in [0.29, 0.717) is 13.1 Å². The molecular weight excluding hydrogens is 319 g/mol. The Hall–Kier alpha value is -2.69. The molecule has 1 aliphatic rings. The molecule has 0 saturated carbocycles. The minimum atomic E-state index is -0.529. The third-order valence-electron chi connectivity index (χ3n) is 4.59. The van der Waals surface area contributed by atoms with Gasteiger partial charge in [0.25, 0.3) is 5.91 Å². The van der Waals surface area contributed by atoms with Crippen molar-refractivity contribution in [3.8, 4) is 0 Å². The highest BCUT2D eigenvalue weighted by atomic mass is 19.1. The summed E-state index contributed by atoms with van der Waals surface area (Å²) in [5.74, 6) is -1.27. The second-order valence-corrected chi connectivity index (χ2v) is 6.37. The van der Waals surface area contributed by atoms with Gasteiger partial charge in [-0.05, 0) is 43.5 Å². The standard InChI is InChI=1S/C20H21FN2O2/c1-14-7-2-5-11-18(14)22-19(24)15-8-6-12-23(13-15)20(25)16-9-3-4-10-17(16)21/h2-5,7,9-11,15H,6,8,12-13H2,1H3,(H,22,24). The van der Waals surface area contributed by atoms with Crippen LogP contribution < -0.4 is 5.32 Å². The minimum Gasteiger partial charge on any atom is -0.338 e. The number of rotatable bonds is 3. The quantitative estimate of drug-likeness (QED) is 0.928. The van der Waals surface area contributed by atoms with Gasteiger partial charge in [-0.3, -0.25) is 9.59 Å². The van der Waals surface area contributed by atoms with Crippen molar-refractivity contribution in [2.24, 2.45) is 5.92 Å². The van der Waals surface area contributed by atoms with Gasteiger partial charge >= 0.3 is 0 Å². The Morgan fingerprint density at radius 3 is 2.60 bits per heavy atom. The number of amides is 2. The molecule has 25 heavy (non-hydrogen) atoms. The van der Waals surface area contributed by atoms with E-state index in [9.17, 15) is 14.0 Å². The molecule has 5 heteroatoms. The maximum absolute atomic E-state index is 13.9. The molecule has 1 atom stereocenters. The number of likely N-dealkylation sites (tertiary alicyclic amines) is 1. The maximum Gasteiger partial charge on any atom is 0.256 e. The van der Waals surface area contributed by atoms with Crippen LogP contribution >= 0.6 is 0 Å². The number of nitrogens with zero attached hydrogens (tertiary/aromatic N) is 1. The summed E-state index contributed by atoms with van der Waals surface area (Å²) in [6.45, 7) is 2.79. The summed E-state index contributed by atoms with van der Waals surface area (Å²) < 4.78 is 13.9. The smallest absolute Gasteiger partial charge is 0.256 e. The van der Waals surface area contributed by atoms with E-state index in [-0.39, 0.29) is 23.3 Å².